The Morgan fingerprint density at radius 2 is 1.87 bits per heavy atom. The lowest BCUT2D eigenvalue weighted by Crippen LogP contribution is -2.43. The zero-order valence-electron chi connectivity index (χ0n) is 17.6. The van der Waals surface area contributed by atoms with Gasteiger partial charge in [0.25, 0.3) is 0 Å². The number of hydrogen-bond acceptors (Lipinski definition) is 6. The zero-order chi connectivity index (χ0) is 21.1. The summed E-state index contributed by atoms with van der Waals surface area (Å²) in [6.45, 7) is 7.61. The Bertz CT molecular complexity index is 850. The van der Waals surface area contributed by atoms with Crippen LogP contribution in [0.1, 0.15) is 26.2 Å². The number of anilines is 1. The van der Waals surface area contributed by atoms with E-state index in [4.69, 9.17) is 4.74 Å². The third kappa shape index (κ3) is 4.70. The Morgan fingerprint density at radius 3 is 2.60 bits per heavy atom. The van der Waals surface area contributed by atoms with Crippen LogP contribution in [-0.4, -0.2) is 93.0 Å². The number of nitrogens with one attached hydrogen (secondary N) is 1. The molecule has 8 nitrogen and oxygen atoms in total. The summed E-state index contributed by atoms with van der Waals surface area (Å²) in [5.41, 5.74) is 0.511. The van der Waals surface area contributed by atoms with Gasteiger partial charge in [0, 0.05) is 37.9 Å². The first-order chi connectivity index (χ1) is 14.4. The molecule has 3 heterocycles. The summed E-state index contributed by atoms with van der Waals surface area (Å²) < 4.78 is 32.4. The highest BCUT2D eigenvalue weighted by molar-refractivity contribution is 7.89. The second-order valence-corrected chi connectivity index (χ2v) is 10.3. The molecule has 3 aliphatic rings. The first-order valence-corrected chi connectivity index (χ1v) is 12.4. The molecule has 30 heavy (non-hydrogen) atoms. The highest BCUT2D eigenvalue weighted by Crippen LogP contribution is 2.24. The van der Waals surface area contributed by atoms with Crippen LogP contribution >= 0.6 is 0 Å². The first-order valence-electron chi connectivity index (χ1n) is 10.9. The van der Waals surface area contributed by atoms with Gasteiger partial charge in [0.1, 0.15) is 0 Å². The maximum Gasteiger partial charge on any atom is 0.243 e. The summed E-state index contributed by atoms with van der Waals surface area (Å²) in [5.74, 6) is -0.0991. The molecule has 1 aromatic carbocycles. The molecule has 0 radical (unpaired) electrons. The zero-order valence-corrected chi connectivity index (χ0v) is 18.4. The van der Waals surface area contributed by atoms with E-state index in [1.165, 1.54) is 30.2 Å². The molecule has 166 valence electrons. The number of morpholine rings is 1. The molecule has 2 unspecified atom stereocenters. The topological polar surface area (TPSA) is 82.2 Å². The highest BCUT2D eigenvalue weighted by Gasteiger charge is 2.33. The molecule has 9 heteroatoms. The van der Waals surface area contributed by atoms with Gasteiger partial charge in [-0.2, -0.15) is 4.31 Å². The second kappa shape index (κ2) is 9.32. The second-order valence-electron chi connectivity index (χ2n) is 8.39. The van der Waals surface area contributed by atoms with Crippen LogP contribution in [0.25, 0.3) is 0 Å². The van der Waals surface area contributed by atoms with E-state index in [9.17, 15) is 13.2 Å². The van der Waals surface area contributed by atoms with Gasteiger partial charge in [-0.1, -0.05) is 6.07 Å². The van der Waals surface area contributed by atoms with Crippen LogP contribution < -0.4 is 5.32 Å². The van der Waals surface area contributed by atoms with Gasteiger partial charge in [0.05, 0.1) is 24.2 Å². The summed E-state index contributed by atoms with van der Waals surface area (Å²) >= 11 is 0. The Balaban J connectivity index is 1.38. The molecule has 2 atom stereocenters. The number of hydrogen-bond donors (Lipinski definition) is 1. The molecular weight excluding hydrogens is 404 g/mol. The molecular formula is C21H32N4O4S. The molecule has 0 spiro atoms. The van der Waals surface area contributed by atoms with Crippen molar-refractivity contribution in [3.8, 4) is 0 Å². The number of likely N-dealkylation sites (tertiary alicyclic amines) is 2. The van der Waals surface area contributed by atoms with Gasteiger partial charge in [-0.3, -0.25) is 14.6 Å². The van der Waals surface area contributed by atoms with E-state index in [1.807, 2.05) is 6.92 Å². The predicted molar refractivity (Wildman–Crippen MR) is 115 cm³/mol. The molecule has 3 saturated heterocycles. The minimum Gasteiger partial charge on any atom is -0.379 e. The fourth-order valence-corrected chi connectivity index (χ4v) is 6.06. The van der Waals surface area contributed by atoms with Crippen LogP contribution in [0.5, 0.6) is 0 Å². The van der Waals surface area contributed by atoms with Crippen LogP contribution in [-0.2, 0) is 19.6 Å². The molecule has 1 N–H and O–H groups in total. The van der Waals surface area contributed by atoms with Crippen molar-refractivity contribution in [3.05, 3.63) is 24.3 Å². The summed E-state index contributed by atoms with van der Waals surface area (Å²) in [5, 5.41) is 2.92. The van der Waals surface area contributed by atoms with Gasteiger partial charge in [-0.15, -0.1) is 0 Å². The van der Waals surface area contributed by atoms with Crippen molar-refractivity contribution in [1.29, 1.82) is 0 Å². The molecule has 1 aromatic rings. The molecule has 3 aliphatic heterocycles. The average Bonchev–Trinajstić information content (AvgIpc) is 3.46. The minimum absolute atomic E-state index is 0.0991. The number of nitrogens with zero attached hydrogens (tertiary/aromatic N) is 3. The molecule has 0 bridgehead atoms. The van der Waals surface area contributed by atoms with Gasteiger partial charge < -0.3 is 10.1 Å². The lowest BCUT2D eigenvalue weighted by atomic mass is 10.2. The number of amides is 1. The number of rotatable bonds is 6. The molecule has 0 saturated carbocycles. The number of carbonyl (C=O) groups excluding carboxylic acids is 1. The van der Waals surface area contributed by atoms with E-state index in [2.05, 4.69) is 15.1 Å². The Labute approximate surface area is 179 Å². The molecule has 3 fully saturated rings. The van der Waals surface area contributed by atoms with Crippen molar-refractivity contribution in [3.63, 3.8) is 0 Å². The summed E-state index contributed by atoms with van der Waals surface area (Å²) in [6, 6.07) is 6.83. The Morgan fingerprint density at radius 1 is 1.13 bits per heavy atom. The maximum absolute atomic E-state index is 12.9. The number of carbonyl (C=O) groups is 1. The Kier molecular flexibility index (Phi) is 6.74. The van der Waals surface area contributed by atoms with Crippen molar-refractivity contribution in [2.24, 2.45) is 0 Å². The monoisotopic (exact) mass is 436 g/mol. The van der Waals surface area contributed by atoms with Gasteiger partial charge in [0.15, 0.2) is 0 Å². The van der Waals surface area contributed by atoms with Crippen LogP contribution in [0.2, 0.25) is 0 Å². The quantitative estimate of drug-likeness (QED) is 0.722. The number of sulfonamides is 1. The lowest BCUT2D eigenvalue weighted by molar-refractivity contribution is -0.120. The molecule has 0 aromatic heterocycles. The summed E-state index contributed by atoms with van der Waals surface area (Å²) in [4.78, 5) is 17.8. The van der Waals surface area contributed by atoms with E-state index in [0.29, 0.717) is 38.0 Å². The fourth-order valence-electron chi connectivity index (χ4n) is 4.61. The molecule has 0 aliphatic carbocycles. The first kappa shape index (κ1) is 21.7. The maximum atomic E-state index is 12.9. The Hall–Kier alpha value is -1.52. The van der Waals surface area contributed by atoms with Crippen molar-refractivity contribution >= 4 is 21.6 Å². The van der Waals surface area contributed by atoms with Gasteiger partial charge >= 0.3 is 0 Å². The fraction of sp³-hybridized carbons (Fsp3) is 0.667. The largest absolute Gasteiger partial charge is 0.379 e. The predicted octanol–water partition coefficient (Wildman–Crippen LogP) is 1.20. The molecule has 1 amide bonds. The summed E-state index contributed by atoms with van der Waals surface area (Å²) in [6.07, 6.45) is 3.65. The third-order valence-electron chi connectivity index (χ3n) is 6.49. The van der Waals surface area contributed by atoms with Crippen LogP contribution in [0, 0.1) is 0 Å². The smallest absolute Gasteiger partial charge is 0.243 e. The van der Waals surface area contributed by atoms with Crippen molar-refractivity contribution in [2.45, 2.75) is 43.2 Å². The highest BCUT2D eigenvalue weighted by atomic mass is 32.2. The van der Waals surface area contributed by atoms with Gasteiger partial charge in [0.2, 0.25) is 15.9 Å². The van der Waals surface area contributed by atoms with Crippen molar-refractivity contribution < 1.29 is 17.9 Å². The number of benzene rings is 1. The standard InChI is InChI=1S/C21H32N4O4S/c1-17(24-10-7-19(16-24)23-8-2-3-9-23)21(26)22-18-5-4-6-20(15-18)30(27,28)25-11-13-29-14-12-25/h4-6,15,17,19H,2-3,7-14,16H2,1H3,(H,22,26). The van der Waals surface area contributed by atoms with E-state index in [1.54, 1.807) is 24.3 Å². The lowest BCUT2D eigenvalue weighted by Gasteiger charge is -2.27. The SMILES string of the molecule is CC(C(=O)Nc1cccc(S(=O)(=O)N2CCOCC2)c1)N1CCC(N2CCCC2)C1. The van der Waals surface area contributed by atoms with Crippen LogP contribution in [0.15, 0.2) is 29.2 Å². The van der Waals surface area contributed by atoms with Crippen molar-refractivity contribution in [2.75, 3.05) is 57.8 Å². The third-order valence-corrected chi connectivity index (χ3v) is 8.38. The van der Waals surface area contributed by atoms with E-state index < -0.39 is 10.0 Å². The average molecular weight is 437 g/mol. The minimum atomic E-state index is -3.59. The van der Waals surface area contributed by atoms with Crippen molar-refractivity contribution in [1.82, 2.24) is 14.1 Å². The van der Waals surface area contributed by atoms with E-state index in [0.717, 1.165) is 19.5 Å². The van der Waals surface area contributed by atoms with E-state index in [-0.39, 0.29) is 16.8 Å². The van der Waals surface area contributed by atoms with E-state index >= 15 is 0 Å². The number of ether oxygens (including phenoxy) is 1. The van der Waals surface area contributed by atoms with Crippen LogP contribution in [0.4, 0.5) is 5.69 Å². The van der Waals surface area contributed by atoms with Gasteiger partial charge in [-0.25, -0.2) is 8.42 Å². The van der Waals surface area contributed by atoms with Crippen LogP contribution in [0.3, 0.4) is 0 Å². The van der Waals surface area contributed by atoms with Gasteiger partial charge in [-0.05, 0) is 57.5 Å². The summed E-state index contributed by atoms with van der Waals surface area (Å²) in [7, 11) is -3.59. The molecule has 4 rings (SSSR count). The normalized spacial score (nSPS) is 25.4.